The normalized spacial score (nSPS) is 39.8. The van der Waals surface area contributed by atoms with E-state index in [-0.39, 0.29) is 6.17 Å². The summed E-state index contributed by atoms with van der Waals surface area (Å²) in [4.78, 5) is 0. The Morgan fingerprint density at radius 3 is 2.75 bits per heavy atom. The monoisotopic (exact) mass is 116 g/mol. The van der Waals surface area contributed by atoms with Gasteiger partial charge in [0.05, 0.1) is 19.4 Å². The highest BCUT2D eigenvalue weighted by Gasteiger charge is 2.12. The lowest BCUT2D eigenvalue weighted by Gasteiger charge is -2.25. The van der Waals surface area contributed by atoms with Crippen LogP contribution >= 0.6 is 0 Å². The Morgan fingerprint density at radius 1 is 1.62 bits per heavy atom. The fourth-order valence-electron chi connectivity index (χ4n) is 0.833. The molecule has 1 heterocycles. The summed E-state index contributed by atoms with van der Waals surface area (Å²) < 4.78 is 5.11. The van der Waals surface area contributed by atoms with Gasteiger partial charge < -0.3 is 10.5 Å². The lowest BCUT2D eigenvalue weighted by molar-refractivity contribution is 0.0526. The highest BCUT2D eigenvalue weighted by Crippen LogP contribution is 1.92. The van der Waals surface area contributed by atoms with Crippen LogP contribution < -0.4 is 11.1 Å². The molecule has 0 aromatic rings. The van der Waals surface area contributed by atoms with Gasteiger partial charge in [-0.2, -0.15) is 0 Å². The summed E-state index contributed by atoms with van der Waals surface area (Å²) in [6.07, 6.45) is 0.0405. The maximum Gasteiger partial charge on any atom is 0.0790 e. The van der Waals surface area contributed by atoms with Crippen LogP contribution in [0.4, 0.5) is 0 Å². The number of rotatable bonds is 0. The van der Waals surface area contributed by atoms with Crippen LogP contribution in [0.15, 0.2) is 0 Å². The van der Waals surface area contributed by atoms with Crippen molar-refractivity contribution in [3.8, 4) is 0 Å². The van der Waals surface area contributed by atoms with Crippen LogP contribution in [0.1, 0.15) is 6.92 Å². The highest BCUT2D eigenvalue weighted by molar-refractivity contribution is 4.69. The molecular weight excluding hydrogens is 104 g/mol. The molecule has 0 aliphatic carbocycles. The molecule has 0 amide bonds. The first kappa shape index (κ1) is 6.01. The van der Waals surface area contributed by atoms with Crippen molar-refractivity contribution in [1.29, 1.82) is 0 Å². The van der Waals surface area contributed by atoms with Crippen LogP contribution in [-0.4, -0.2) is 25.4 Å². The molecule has 0 aromatic heterocycles. The SMILES string of the molecule is CC1COCC(N)N1. The zero-order valence-corrected chi connectivity index (χ0v) is 5.05. The zero-order chi connectivity index (χ0) is 5.98. The first-order valence-corrected chi connectivity index (χ1v) is 2.88. The van der Waals surface area contributed by atoms with E-state index in [2.05, 4.69) is 12.2 Å². The molecule has 3 nitrogen and oxygen atoms in total. The summed E-state index contributed by atoms with van der Waals surface area (Å²) in [7, 11) is 0. The molecule has 1 saturated heterocycles. The summed E-state index contributed by atoms with van der Waals surface area (Å²) in [6.45, 7) is 3.48. The van der Waals surface area contributed by atoms with Crippen LogP contribution in [0.25, 0.3) is 0 Å². The van der Waals surface area contributed by atoms with E-state index in [0.29, 0.717) is 12.6 Å². The second kappa shape index (κ2) is 2.44. The van der Waals surface area contributed by atoms with E-state index >= 15 is 0 Å². The van der Waals surface area contributed by atoms with Gasteiger partial charge in [0.2, 0.25) is 0 Å². The molecule has 0 aromatic carbocycles. The van der Waals surface area contributed by atoms with Gasteiger partial charge in [-0.05, 0) is 6.92 Å². The maximum atomic E-state index is 5.49. The number of ether oxygens (including phenoxy) is 1. The van der Waals surface area contributed by atoms with E-state index in [0.717, 1.165) is 6.61 Å². The van der Waals surface area contributed by atoms with Crippen molar-refractivity contribution >= 4 is 0 Å². The molecule has 1 aliphatic heterocycles. The Bertz CT molecular complexity index is 68.8. The van der Waals surface area contributed by atoms with Crippen LogP contribution in [0, 0.1) is 0 Å². The van der Waals surface area contributed by atoms with Crippen molar-refractivity contribution in [2.75, 3.05) is 13.2 Å². The van der Waals surface area contributed by atoms with Crippen molar-refractivity contribution < 1.29 is 4.74 Å². The predicted molar refractivity (Wildman–Crippen MR) is 31.4 cm³/mol. The largest absolute Gasteiger partial charge is 0.377 e. The molecule has 0 bridgehead atoms. The number of hydrogen-bond acceptors (Lipinski definition) is 3. The average Bonchev–Trinajstić information content (AvgIpc) is 1.64. The van der Waals surface area contributed by atoms with Gasteiger partial charge in [-0.25, -0.2) is 0 Å². The van der Waals surface area contributed by atoms with E-state index in [1.165, 1.54) is 0 Å². The molecule has 2 atom stereocenters. The van der Waals surface area contributed by atoms with Gasteiger partial charge in [0.15, 0.2) is 0 Å². The topological polar surface area (TPSA) is 47.3 Å². The second-order valence-electron chi connectivity index (χ2n) is 2.21. The van der Waals surface area contributed by atoms with Crippen molar-refractivity contribution in [2.45, 2.75) is 19.1 Å². The minimum absolute atomic E-state index is 0.0405. The lowest BCUT2D eigenvalue weighted by atomic mass is 10.3. The minimum Gasteiger partial charge on any atom is -0.377 e. The van der Waals surface area contributed by atoms with Gasteiger partial charge in [-0.3, -0.25) is 5.32 Å². The van der Waals surface area contributed by atoms with Crippen molar-refractivity contribution in [1.82, 2.24) is 5.32 Å². The van der Waals surface area contributed by atoms with Crippen LogP contribution in [0.3, 0.4) is 0 Å². The molecule has 0 saturated carbocycles. The molecule has 8 heavy (non-hydrogen) atoms. The zero-order valence-electron chi connectivity index (χ0n) is 5.05. The molecule has 1 fully saturated rings. The smallest absolute Gasteiger partial charge is 0.0790 e. The molecule has 1 rings (SSSR count). The van der Waals surface area contributed by atoms with Gasteiger partial charge >= 0.3 is 0 Å². The van der Waals surface area contributed by atoms with Crippen molar-refractivity contribution in [3.63, 3.8) is 0 Å². The molecule has 1 aliphatic rings. The molecule has 3 heteroatoms. The van der Waals surface area contributed by atoms with Crippen LogP contribution in [0.2, 0.25) is 0 Å². The number of hydrogen-bond donors (Lipinski definition) is 2. The Morgan fingerprint density at radius 2 is 2.38 bits per heavy atom. The van der Waals surface area contributed by atoms with Gasteiger partial charge in [-0.15, -0.1) is 0 Å². The number of nitrogens with one attached hydrogen (secondary N) is 1. The number of morpholine rings is 1. The Labute approximate surface area is 49.2 Å². The van der Waals surface area contributed by atoms with Gasteiger partial charge in [0.25, 0.3) is 0 Å². The van der Waals surface area contributed by atoms with E-state index < -0.39 is 0 Å². The third kappa shape index (κ3) is 1.43. The maximum absolute atomic E-state index is 5.49. The molecular formula is C5H12N2O. The predicted octanol–water partition coefficient (Wildman–Crippen LogP) is -0.720. The van der Waals surface area contributed by atoms with Crippen LogP contribution in [-0.2, 0) is 4.74 Å². The quantitative estimate of drug-likeness (QED) is 0.439. The molecule has 48 valence electrons. The van der Waals surface area contributed by atoms with Crippen LogP contribution in [0.5, 0.6) is 0 Å². The highest BCUT2D eigenvalue weighted by atomic mass is 16.5. The molecule has 3 N–H and O–H groups in total. The standard InChI is InChI=1S/C5H12N2O/c1-4-2-8-3-5(6)7-4/h4-5,7H,2-3,6H2,1H3. The Hall–Kier alpha value is -0.120. The van der Waals surface area contributed by atoms with E-state index in [4.69, 9.17) is 10.5 Å². The summed E-state index contributed by atoms with van der Waals surface area (Å²) in [5.74, 6) is 0. The Kier molecular flexibility index (Phi) is 1.83. The lowest BCUT2D eigenvalue weighted by Crippen LogP contribution is -2.52. The molecule has 2 unspecified atom stereocenters. The number of nitrogens with two attached hydrogens (primary N) is 1. The first-order chi connectivity index (χ1) is 3.79. The van der Waals surface area contributed by atoms with Crippen molar-refractivity contribution in [3.05, 3.63) is 0 Å². The fourth-order valence-corrected chi connectivity index (χ4v) is 0.833. The molecule has 0 spiro atoms. The average molecular weight is 116 g/mol. The van der Waals surface area contributed by atoms with E-state index in [1.54, 1.807) is 0 Å². The van der Waals surface area contributed by atoms with E-state index in [1.807, 2.05) is 0 Å². The summed E-state index contributed by atoms with van der Waals surface area (Å²) in [5.41, 5.74) is 5.49. The first-order valence-electron chi connectivity index (χ1n) is 2.88. The summed E-state index contributed by atoms with van der Waals surface area (Å²) in [6, 6.07) is 0.416. The van der Waals surface area contributed by atoms with Gasteiger partial charge in [0, 0.05) is 6.04 Å². The van der Waals surface area contributed by atoms with Crippen molar-refractivity contribution in [2.24, 2.45) is 5.73 Å². The third-order valence-electron chi connectivity index (χ3n) is 1.16. The van der Waals surface area contributed by atoms with E-state index in [9.17, 15) is 0 Å². The van der Waals surface area contributed by atoms with Gasteiger partial charge in [-0.1, -0.05) is 0 Å². The minimum atomic E-state index is 0.0405. The van der Waals surface area contributed by atoms with Gasteiger partial charge in [0.1, 0.15) is 0 Å². The molecule has 0 radical (unpaired) electrons. The summed E-state index contributed by atoms with van der Waals surface area (Å²) in [5, 5.41) is 3.13. The third-order valence-corrected chi connectivity index (χ3v) is 1.16. The Balaban J connectivity index is 2.23. The fraction of sp³-hybridized carbons (Fsp3) is 1.00. The second-order valence-corrected chi connectivity index (χ2v) is 2.21. The summed E-state index contributed by atoms with van der Waals surface area (Å²) >= 11 is 0.